The van der Waals surface area contributed by atoms with Crippen LogP contribution < -0.4 is 10.6 Å². The number of nitrogens with one attached hydrogen (secondary N) is 2. The van der Waals surface area contributed by atoms with Crippen molar-refractivity contribution in [2.45, 2.75) is 38.8 Å². The van der Waals surface area contributed by atoms with E-state index in [9.17, 15) is 18.0 Å². The number of thiazole rings is 1. The Morgan fingerprint density at radius 1 is 1.10 bits per heavy atom. The number of hydrogen-bond donors (Lipinski definition) is 2. The molecule has 9 heteroatoms. The molecule has 4 rings (SSSR count). The molecule has 2 aromatic heterocycles. The molecule has 3 aromatic rings. The fourth-order valence-corrected chi connectivity index (χ4v) is 4.64. The molecule has 0 aliphatic heterocycles. The Morgan fingerprint density at radius 2 is 1.87 bits per heavy atom. The first-order chi connectivity index (χ1) is 14.8. The Hall–Kier alpha value is -2.94. The van der Waals surface area contributed by atoms with E-state index in [0.717, 1.165) is 46.1 Å². The van der Waals surface area contributed by atoms with Crippen LogP contribution in [0.1, 0.15) is 41.9 Å². The van der Waals surface area contributed by atoms with Crippen LogP contribution in [0.3, 0.4) is 0 Å². The van der Waals surface area contributed by atoms with Gasteiger partial charge in [0, 0.05) is 23.4 Å². The van der Waals surface area contributed by atoms with Crippen molar-refractivity contribution >= 4 is 28.9 Å². The molecule has 1 saturated carbocycles. The summed E-state index contributed by atoms with van der Waals surface area (Å²) in [6, 6.07) is 7.27. The van der Waals surface area contributed by atoms with Gasteiger partial charge in [-0.3, -0.25) is 5.32 Å². The van der Waals surface area contributed by atoms with Gasteiger partial charge in [0.1, 0.15) is 10.8 Å². The summed E-state index contributed by atoms with van der Waals surface area (Å²) >= 11 is 1.65. The van der Waals surface area contributed by atoms with Gasteiger partial charge < -0.3 is 5.32 Å². The number of urea groups is 1. The van der Waals surface area contributed by atoms with Gasteiger partial charge in [-0.1, -0.05) is 18.9 Å². The van der Waals surface area contributed by atoms with Gasteiger partial charge in [-0.25, -0.2) is 14.8 Å². The predicted octanol–water partition coefficient (Wildman–Crippen LogP) is 6.67. The summed E-state index contributed by atoms with van der Waals surface area (Å²) < 4.78 is 38.4. The summed E-state index contributed by atoms with van der Waals surface area (Å²) in [4.78, 5) is 22.2. The van der Waals surface area contributed by atoms with Crippen LogP contribution in [-0.2, 0) is 6.18 Å². The summed E-state index contributed by atoms with van der Waals surface area (Å²) in [7, 11) is 0. The average Bonchev–Trinajstić information content (AvgIpc) is 3.38. The predicted molar refractivity (Wildman–Crippen MR) is 115 cm³/mol. The number of carbonyl (C=O) groups is 1. The number of aryl methyl sites for hydroxylation is 1. The minimum Gasteiger partial charge on any atom is -0.308 e. The SMILES string of the molecule is Cc1nc([C]2CCCC2)sc1-c1ccc(NC(=O)Nc2cccc(C(F)(F)F)c2)nc1. The maximum atomic E-state index is 12.8. The molecule has 0 spiro atoms. The van der Waals surface area contributed by atoms with Crippen molar-refractivity contribution in [1.82, 2.24) is 9.97 Å². The monoisotopic (exact) mass is 445 g/mol. The first-order valence-corrected chi connectivity index (χ1v) is 10.7. The molecule has 161 valence electrons. The number of aromatic nitrogens is 2. The van der Waals surface area contributed by atoms with Crippen molar-refractivity contribution in [2.75, 3.05) is 10.6 Å². The molecule has 1 aromatic carbocycles. The van der Waals surface area contributed by atoms with Crippen LogP contribution in [0.15, 0.2) is 42.6 Å². The standard InChI is InChI=1S/C22H20F3N4OS/c1-13-19(31-20(27-13)14-5-2-3-6-14)15-9-10-18(26-12-15)29-21(30)28-17-8-4-7-16(11-17)22(23,24)25/h4,7-12H,2-3,5-6H2,1H3,(H2,26,28,29,30). The smallest absolute Gasteiger partial charge is 0.308 e. The van der Waals surface area contributed by atoms with Gasteiger partial charge in [-0.2, -0.15) is 13.2 Å². The van der Waals surface area contributed by atoms with E-state index >= 15 is 0 Å². The van der Waals surface area contributed by atoms with Crippen LogP contribution in [0.2, 0.25) is 0 Å². The van der Waals surface area contributed by atoms with Gasteiger partial charge in [0.15, 0.2) is 0 Å². The van der Waals surface area contributed by atoms with Crippen LogP contribution in [0.5, 0.6) is 0 Å². The lowest BCUT2D eigenvalue weighted by Gasteiger charge is -2.10. The second-order valence-corrected chi connectivity index (χ2v) is 8.33. The minimum absolute atomic E-state index is 0.0428. The van der Waals surface area contributed by atoms with Gasteiger partial charge in [0.25, 0.3) is 0 Å². The third-order valence-corrected chi connectivity index (χ3v) is 6.33. The lowest BCUT2D eigenvalue weighted by atomic mass is 10.1. The topological polar surface area (TPSA) is 66.9 Å². The molecule has 1 aliphatic rings. The number of nitrogens with zero attached hydrogens (tertiary/aromatic N) is 2. The van der Waals surface area contributed by atoms with Crippen LogP contribution in [0.4, 0.5) is 29.5 Å². The number of carbonyl (C=O) groups excluding carboxylic acids is 1. The van der Waals surface area contributed by atoms with E-state index in [-0.39, 0.29) is 5.69 Å². The first kappa shape index (κ1) is 21.3. The van der Waals surface area contributed by atoms with E-state index < -0.39 is 17.8 Å². The van der Waals surface area contributed by atoms with Crippen molar-refractivity contribution in [2.24, 2.45) is 0 Å². The molecule has 2 amide bonds. The molecule has 1 aliphatic carbocycles. The fourth-order valence-electron chi connectivity index (χ4n) is 3.49. The largest absolute Gasteiger partial charge is 0.416 e. The quantitative estimate of drug-likeness (QED) is 0.471. The van der Waals surface area contributed by atoms with E-state index in [0.29, 0.717) is 5.82 Å². The second kappa shape index (κ2) is 8.66. The van der Waals surface area contributed by atoms with Crippen molar-refractivity contribution in [3.8, 4) is 10.4 Å². The van der Waals surface area contributed by atoms with Crippen molar-refractivity contribution < 1.29 is 18.0 Å². The van der Waals surface area contributed by atoms with E-state index in [1.165, 1.54) is 30.9 Å². The Bertz CT molecular complexity index is 1070. The number of hydrogen-bond acceptors (Lipinski definition) is 4. The summed E-state index contributed by atoms with van der Waals surface area (Å²) in [5.41, 5.74) is 1.07. The molecule has 0 atom stereocenters. The number of rotatable bonds is 4. The molecule has 2 N–H and O–H groups in total. The van der Waals surface area contributed by atoms with Crippen molar-refractivity contribution in [3.05, 3.63) is 64.8 Å². The molecule has 1 fully saturated rings. The summed E-state index contributed by atoms with van der Waals surface area (Å²) in [6.45, 7) is 1.97. The zero-order valence-corrected chi connectivity index (χ0v) is 17.5. The number of amides is 2. The third-order valence-electron chi connectivity index (χ3n) is 5.02. The van der Waals surface area contributed by atoms with E-state index in [2.05, 4.69) is 15.6 Å². The van der Waals surface area contributed by atoms with Crippen LogP contribution >= 0.6 is 11.3 Å². The van der Waals surface area contributed by atoms with E-state index in [1.807, 2.05) is 13.0 Å². The first-order valence-electron chi connectivity index (χ1n) is 9.84. The average molecular weight is 445 g/mol. The highest BCUT2D eigenvalue weighted by molar-refractivity contribution is 7.15. The Labute approximate surface area is 181 Å². The maximum absolute atomic E-state index is 12.8. The molecule has 0 bridgehead atoms. The lowest BCUT2D eigenvalue weighted by molar-refractivity contribution is -0.137. The molecular weight excluding hydrogens is 425 g/mol. The molecule has 31 heavy (non-hydrogen) atoms. The normalized spacial score (nSPS) is 14.6. The minimum atomic E-state index is -4.48. The molecule has 0 saturated heterocycles. The summed E-state index contributed by atoms with van der Waals surface area (Å²) in [5.74, 6) is 1.71. The Balaban J connectivity index is 1.41. The molecule has 2 heterocycles. The zero-order chi connectivity index (χ0) is 22.0. The highest BCUT2D eigenvalue weighted by Gasteiger charge is 2.30. The second-order valence-electron chi connectivity index (χ2n) is 7.33. The summed E-state index contributed by atoms with van der Waals surface area (Å²) in [5, 5.41) is 6.02. The van der Waals surface area contributed by atoms with Gasteiger partial charge in [0.2, 0.25) is 0 Å². The number of pyridine rings is 1. The number of anilines is 2. The molecule has 0 unspecified atom stereocenters. The van der Waals surface area contributed by atoms with Crippen LogP contribution in [0.25, 0.3) is 10.4 Å². The van der Waals surface area contributed by atoms with Gasteiger partial charge in [-0.05, 0) is 50.1 Å². The lowest BCUT2D eigenvalue weighted by Crippen LogP contribution is -2.20. The van der Waals surface area contributed by atoms with Gasteiger partial charge in [-0.15, -0.1) is 11.3 Å². The maximum Gasteiger partial charge on any atom is 0.416 e. The highest BCUT2D eigenvalue weighted by atomic mass is 32.1. The van der Waals surface area contributed by atoms with Crippen LogP contribution in [-0.4, -0.2) is 16.0 Å². The molecule has 5 nitrogen and oxygen atoms in total. The fraction of sp³-hybridized carbons (Fsp3) is 0.273. The van der Waals surface area contributed by atoms with E-state index in [4.69, 9.17) is 4.98 Å². The number of benzene rings is 1. The summed E-state index contributed by atoms with van der Waals surface area (Å²) in [6.07, 6.45) is 1.82. The van der Waals surface area contributed by atoms with Crippen LogP contribution in [0, 0.1) is 12.8 Å². The zero-order valence-electron chi connectivity index (χ0n) is 16.7. The Kier molecular flexibility index (Phi) is 5.95. The number of halogens is 3. The number of alkyl halides is 3. The molecular formula is C22H20F3N4OS. The van der Waals surface area contributed by atoms with Crippen molar-refractivity contribution in [1.29, 1.82) is 0 Å². The van der Waals surface area contributed by atoms with E-state index in [1.54, 1.807) is 23.6 Å². The van der Waals surface area contributed by atoms with Gasteiger partial charge in [0.05, 0.1) is 16.1 Å². The molecule has 1 radical (unpaired) electrons. The third kappa shape index (κ3) is 5.04. The highest BCUT2D eigenvalue weighted by Crippen LogP contribution is 2.39. The van der Waals surface area contributed by atoms with Crippen molar-refractivity contribution in [3.63, 3.8) is 0 Å². The van der Waals surface area contributed by atoms with Gasteiger partial charge >= 0.3 is 12.2 Å². The Morgan fingerprint density at radius 3 is 2.55 bits per heavy atom.